The van der Waals surface area contributed by atoms with Crippen LogP contribution in [0.15, 0.2) is 35.4 Å². The van der Waals surface area contributed by atoms with E-state index in [1.165, 1.54) is 7.11 Å². The van der Waals surface area contributed by atoms with E-state index in [2.05, 4.69) is 0 Å². The molecule has 1 aliphatic carbocycles. The molecule has 5 nitrogen and oxygen atoms in total. The van der Waals surface area contributed by atoms with Crippen LogP contribution in [0.1, 0.15) is 32.3 Å². The van der Waals surface area contributed by atoms with E-state index < -0.39 is 23.3 Å². The second-order valence-electron chi connectivity index (χ2n) is 5.84. The van der Waals surface area contributed by atoms with Gasteiger partial charge in [0, 0.05) is 0 Å². The lowest BCUT2D eigenvalue weighted by Crippen LogP contribution is -2.48. The molecule has 118 valence electrons. The fourth-order valence-corrected chi connectivity index (χ4v) is 3.18. The van der Waals surface area contributed by atoms with Crippen molar-refractivity contribution in [2.24, 2.45) is 5.92 Å². The van der Waals surface area contributed by atoms with Crippen molar-refractivity contribution in [2.45, 2.75) is 32.1 Å². The highest BCUT2D eigenvalue weighted by atomic mass is 16.5. The fraction of sp³-hybridized carbons (Fsp3) is 0.412. The third-order valence-corrected chi connectivity index (χ3v) is 4.66. The summed E-state index contributed by atoms with van der Waals surface area (Å²) in [5.41, 5.74) is 0.954. The number of aliphatic carboxylic acids is 2. The lowest BCUT2D eigenvalue weighted by atomic mass is 9.61. The number of hydrogen-bond acceptors (Lipinski definition) is 3. The van der Waals surface area contributed by atoms with Crippen molar-refractivity contribution in [1.29, 1.82) is 0 Å². The molecule has 2 atom stereocenters. The Balaban J connectivity index is 2.63. The second kappa shape index (κ2) is 5.83. The minimum absolute atomic E-state index is 0.206. The van der Waals surface area contributed by atoms with Crippen LogP contribution in [0.3, 0.4) is 0 Å². The highest BCUT2D eigenvalue weighted by Gasteiger charge is 2.53. The molecule has 0 saturated heterocycles. The molecule has 0 saturated carbocycles. The molecule has 0 aromatic heterocycles. The summed E-state index contributed by atoms with van der Waals surface area (Å²) in [4.78, 5) is 23.8. The van der Waals surface area contributed by atoms with Crippen LogP contribution in [-0.2, 0) is 15.0 Å². The van der Waals surface area contributed by atoms with Gasteiger partial charge in [-0.05, 0) is 44.4 Å². The van der Waals surface area contributed by atoms with E-state index >= 15 is 0 Å². The Hall–Kier alpha value is -2.30. The molecule has 1 aromatic rings. The fourth-order valence-electron chi connectivity index (χ4n) is 3.18. The number of carbonyl (C=O) groups is 2. The van der Waals surface area contributed by atoms with Crippen molar-refractivity contribution in [3.8, 4) is 5.75 Å². The zero-order valence-electron chi connectivity index (χ0n) is 12.9. The number of carboxylic acids is 2. The molecule has 0 amide bonds. The summed E-state index contributed by atoms with van der Waals surface area (Å²) >= 11 is 0. The van der Waals surface area contributed by atoms with Gasteiger partial charge in [-0.1, -0.05) is 23.3 Å². The van der Waals surface area contributed by atoms with Crippen molar-refractivity contribution in [1.82, 2.24) is 0 Å². The molecule has 0 unspecified atom stereocenters. The maximum Gasteiger partial charge on any atom is 0.315 e. The SMILES string of the molecule is COc1ccc([C@@]2(C(=O)O)CC(C)=C(C)C[C@H]2C(=O)O)cc1. The number of allylic oxidation sites excluding steroid dienone is 2. The molecule has 2 rings (SSSR count). The molecule has 5 heteroatoms. The predicted molar refractivity (Wildman–Crippen MR) is 81.0 cm³/mol. The van der Waals surface area contributed by atoms with Crippen LogP contribution in [-0.4, -0.2) is 29.3 Å². The summed E-state index contributed by atoms with van der Waals surface area (Å²) in [5.74, 6) is -2.56. The molecule has 1 aromatic carbocycles. The first-order valence-corrected chi connectivity index (χ1v) is 7.09. The van der Waals surface area contributed by atoms with Crippen LogP contribution < -0.4 is 4.74 Å². The van der Waals surface area contributed by atoms with Gasteiger partial charge in [0.2, 0.25) is 0 Å². The van der Waals surface area contributed by atoms with Gasteiger partial charge in [-0.15, -0.1) is 0 Å². The maximum atomic E-state index is 12.1. The van der Waals surface area contributed by atoms with Gasteiger partial charge < -0.3 is 14.9 Å². The van der Waals surface area contributed by atoms with Gasteiger partial charge in [-0.2, -0.15) is 0 Å². The predicted octanol–water partition coefficient (Wildman–Crippen LogP) is 2.85. The Morgan fingerprint density at radius 1 is 1.14 bits per heavy atom. The molecule has 0 heterocycles. The molecule has 0 spiro atoms. The lowest BCUT2D eigenvalue weighted by molar-refractivity contribution is -0.156. The summed E-state index contributed by atoms with van der Waals surface area (Å²) in [6.45, 7) is 3.74. The van der Waals surface area contributed by atoms with Crippen molar-refractivity contribution >= 4 is 11.9 Å². The molecule has 0 bridgehead atoms. The normalized spacial score (nSPS) is 25.0. The Morgan fingerprint density at radius 3 is 2.18 bits per heavy atom. The van der Waals surface area contributed by atoms with Gasteiger partial charge >= 0.3 is 11.9 Å². The Kier molecular flexibility index (Phi) is 4.26. The van der Waals surface area contributed by atoms with E-state index in [0.29, 0.717) is 11.3 Å². The summed E-state index contributed by atoms with van der Waals surface area (Å²) in [7, 11) is 1.53. The zero-order chi connectivity index (χ0) is 16.5. The highest BCUT2D eigenvalue weighted by Crippen LogP contribution is 2.46. The smallest absolute Gasteiger partial charge is 0.315 e. The average Bonchev–Trinajstić information content (AvgIpc) is 2.49. The lowest BCUT2D eigenvalue weighted by Gasteiger charge is -2.40. The van der Waals surface area contributed by atoms with Gasteiger partial charge in [0.25, 0.3) is 0 Å². The summed E-state index contributed by atoms with van der Waals surface area (Å²) in [6.07, 6.45) is 0.455. The number of hydrogen-bond donors (Lipinski definition) is 2. The molecule has 0 fully saturated rings. The first-order chi connectivity index (χ1) is 10.3. The molecule has 1 aliphatic rings. The summed E-state index contributed by atoms with van der Waals surface area (Å²) < 4.78 is 5.09. The number of methoxy groups -OCH3 is 1. The van der Waals surface area contributed by atoms with Gasteiger partial charge in [0.15, 0.2) is 0 Å². The second-order valence-corrected chi connectivity index (χ2v) is 5.84. The molecule has 0 radical (unpaired) electrons. The Morgan fingerprint density at radius 2 is 1.73 bits per heavy atom. The Bertz CT molecular complexity index is 629. The number of rotatable bonds is 4. The van der Waals surface area contributed by atoms with Crippen LogP contribution in [0.5, 0.6) is 5.75 Å². The van der Waals surface area contributed by atoms with Crippen molar-refractivity contribution < 1.29 is 24.5 Å². The minimum Gasteiger partial charge on any atom is -0.497 e. The van der Waals surface area contributed by atoms with Crippen LogP contribution >= 0.6 is 0 Å². The molecule has 2 N–H and O–H groups in total. The van der Waals surface area contributed by atoms with E-state index in [4.69, 9.17) is 4.74 Å². The van der Waals surface area contributed by atoms with Gasteiger partial charge in [0.1, 0.15) is 11.2 Å². The largest absolute Gasteiger partial charge is 0.497 e. The van der Waals surface area contributed by atoms with Crippen LogP contribution in [0.2, 0.25) is 0 Å². The monoisotopic (exact) mass is 304 g/mol. The summed E-state index contributed by atoms with van der Waals surface area (Å²) in [5, 5.41) is 19.5. The third kappa shape index (κ3) is 2.47. The number of ether oxygens (including phenoxy) is 1. The summed E-state index contributed by atoms with van der Waals surface area (Å²) in [6, 6.07) is 6.63. The van der Waals surface area contributed by atoms with E-state index in [9.17, 15) is 19.8 Å². The van der Waals surface area contributed by atoms with Gasteiger partial charge in [-0.3, -0.25) is 9.59 Å². The molecular formula is C17H20O5. The first kappa shape index (κ1) is 16.1. The molecule has 22 heavy (non-hydrogen) atoms. The standard InChI is InChI=1S/C17H20O5/c1-10-8-14(15(18)19)17(16(20)21,9-11(10)2)12-4-6-13(22-3)7-5-12/h4-7,14H,8-9H2,1-3H3,(H,18,19)(H,20,21)/t14-,17-/m0/s1. The van der Waals surface area contributed by atoms with Crippen LogP contribution in [0, 0.1) is 5.92 Å². The first-order valence-electron chi connectivity index (χ1n) is 7.09. The van der Waals surface area contributed by atoms with E-state index in [0.717, 1.165) is 11.1 Å². The maximum absolute atomic E-state index is 12.1. The zero-order valence-corrected chi connectivity index (χ0v) is 12.9. The number of benzene rings is 1. The third-order valence-electron chi connectivity index (χ3n) is 4.66. The molecular weight excluding hydrogens is 284 g/mol. The van der Waals surface area contributed by atoms with Gasteiger partial charge in [-0.25, -0.2) is 0 Å². The van der Waals surface area contributed by atoms with E-state index in [-0.39, 0.29) is 12.8 Å². The van der Waals surface area contributed by atoms with Crippen molar-refractivity contribution in [2.75, 3.05) is 7.11 Å². The molecule has 0 aliphatic heterocycles. The number of carboxylic acid groups (broad SMARTS) is 2. The highest BCUT2D eigenvalue weighted by molar-refractivity contribution is 5.90. The van der Waals surface area contributed by atoms with Crippen molar-refractivity contribution in [3.05, 3.63) is 41.0 Å². The van der Waals surface area contributed by atoms with E-state index in [1.54, 1.807) is 24.3 Å². The van der Waals surface area contributed by atoms with Crippen LogP contribution in [0.4, 0.5) is 0 Å². The van der Waals surface area contributed by atoms with Crippen LogP contribution in [0.25, 0.3) is 0 Å². The minimum atomic E-state index is -1.44. The Labute approximate surface area is 129 Å². The van der Waals surface area contributed by atoms with Crippen molar-refractivity contribution in [3.63, 3.8) is 0 Å². The van der Waals surface area contributed by atoms with E-state index in [1.807, 2.05) is 13.8 Å². The van der Waals surface area contributed by atoms with Gasteiger partial charge in [0.05, 0.1) is 13.0 Å². The topological polar surface area (TPSA) is 83.8 Å². The quantitative estimate of drug-likeness (QED) is 0.836. The average molecular weight is 304 g/mol.